The summed E-state index contributed by atoms with van der Waals surface area (Å²) >= 11 is 0. The zero-order chi connectivity index (χ0) is 21.7. The Kier molecular flexibility index (Phi) is 6.45. The van der Waals surface area contributed by atoms with Gasteiger partial charge in [-0.25, -0.2) is 4.39 Å². The molecular weight excluding hydrogens is 395 g/mol. The molecule has 0 saturated carbocycles. The number of halogens is 1. The first-order valence-electron chi connectivity index (χ1n) is 9.28. The molecule has 1 aliphatic rings. The van der Waals surface area contributed by atoms with Crippen molar-refractivity contribution in [2.24, 2.45) is 0 Å². The van der Waals surface area contributed by atoms with Gasteiger partial charge in [-0.05, 0) is 36.4 Å². The van der Waals surface area contributed by atoms with Gasteiger partial charge < -0.3 is 19.9 Å². The fourth-order valence-corrected chi connectivity index (χ4v) is 3.21. The molecule has 2 aromatic carbocycles. The zero-order valence-corrected chi connectivity index (χ0v) is 16.3. The number of piperazine rings is 1. The second-order valence-corrected chi connectivity index (χ2v) is 6.67. The Morgan fingerprint density at radius 2 is 1.80 bits per heavy atom. The molecule has 0 atom stereocenters. The number of nitro groups is 1. The summed E-state index contributed by atoms with van der Waals surface area (Å²) in [5, 5.41) is 13.6. The Bertz CT molecular complexity index is 943. The standard InChI is InChI=1S/C20H21FN4O5/c1-30-18-7-2-14(12-17(18)25(28)29)20(27)22-13-19(26)24-10-8-23(9-11-24)16-5-3-15(21)4-6-16/h2-7,12H,8-11,13H2,1H3,(H,22,27). The molecule has 10 heteroatoms. The minimum absolute atomic E-state index is 0.0478. The number of ether oxygens (including phenoxy) is 1. The van der Waals surface area contributed by atoms with Gasteiger partial charge >= 0.3 is 5.69 Å². The Morgan fingerprint density at radius 1 is 1.13 bits per heavy atom. The fourth-order valence-electron chi connectivity index (χ4n) is 3.21. The number of nitrogens with zero attached hydrogens (tertiary/aromatic N) is 3. The summed E-state index contributed by atoms with van der Waals surface area (Å²) in [5.41, 5.74) is 0.628. The van der Waals surface area contributed by atoms with E-state index in [0.717, 1.165) is 11.8 Å². The highest BCUT2D eigenvalue weighted by atomic mass is 19.1. The number of carbonyl (C=O) groups is 2. The van der Waals surface area contributed by atoms with Crippen molar-refractivity contribution in [3.05, 3.63) is 64.0 Å². The van der Waals surface area contributed by atoms with Crippen LogP contribution >= 0.6 is 0 Å². The second-order valence-electron chi connectivity index (χ2n) is 6.67. The third kappa shape index (κ3) is 4.83. The predicted molar refractivity (Wildman–Crippen MR) is 107 cm³/mol. The Morgan fingerprint density at radius 3 is 2.40 bits per heavy atom. The largest absolute Gasteiger partial charge is 0.490 e. The van der Waals surface area contributed by atoms with Gasteiger partial charge in [-0.3, -0.25) is 19.7 Å². The van der Waals surface area contributed by atoms with Gasteiger partial charge in [0.15, 0.2) is 5.75 Å². The summed E-state index contributed by atoms with van der Waals surface area (Å²) in [6.07, 6.45) is 0. The number of rotatable bonds is 6. The molecule has 0 bridgehead atoms. The van der Waals surface area contributed by atoms with E-state index in [-0.39, 0.29) is 35.3 Å². The number of carbonyl (C=O) groups excluding carboxylic acids is 2. The summed E-state index contributed by atoms with van der Waals surface area (Å²) in [6, 6.07) is 10.0. The van der Waals surface area contributed by atoms with Crippen molar-refractivity contribution in [3.63, 3.8) is 0 Å². The molecule has 0 aromatic heterocycles. The fraction of sp³-hybridized carbons (Fsp3) is 0.300. The van der Waals surface area contributed by atoms with Gasteiger partial charge in [0, 0.05) is 43.5 Å². The molecule has 3 rings (SSSR count). The van der Waals surface area contributed by atoms with Crippen LogP contribution in [0.5, 0.6) is 5.75 Å². The van der Waals surface area contributed by atoms with Crippen LogP contribution in [0.4, 0.5) is 15.8 Å². The number of nitrogens with one attached hydrogen (secondary N) is 1. The average molecular weight is 416 g/mol. The highest BCUT2D eigenvalue weighted by Crippen LogP contribution is 2.27. The number of benzene rings is 2. The van der Waals surface area contributed by atoms with Crippen molar-refractivity contribution in [1.82, 2.24) is 10.2 Å². The average Bonchev–Trinajstić information content (AvgIpc) is 2.77. The highest BCUT2D eigenvalue weighted by molar-refractivity contribution is 5.97. The zero-order valence-electron chi connectivity index (χ0n) is 16.3. The van der Waals surface area contributed by atoms with Crippen molar-refractivity contribution in [1.29, 1.82) is 0 Å². The van der Waals surface area contributed by atoms with Gasteiger partial charge in [-0.1, -0.05) is 0 Å². The molecule has 30 heavy (non-hydrogen) atoms. The highest BCUT2D eigenvalue weighted by Gasteiger charge is 2.23. The van der Waals surface area contributed by atoms with E-state index >= 15 is 0 Å². The first kappa shape index (κ1) is 21.0. The lowest BCUT2D eigenvalue weighted by molar-refractivity contribution is -0.385. The SMILES string of the molecule is COc1ccc(C(=O)NCC(=O)N2CCN(c3ccc(F)cc3)CC2)cc1[N+](=O)[O-]. The van der Waals surface area contributed by atoms with E-state index in [4.69, 9.17) is 4.74 Å². The van der Waals surface area contributed by atoms with E-state index in [1.54, 1.807) is 17.0 Å². The van der Waals surface area contributed by atoms with Crippen LogP contribution in [0.1, 0.15) is 10.4 Å². The minimum atomic E-state index is -0.638. The molecule has 1 saturated heterocycles. The summed E-state index contributed by atoms with van der Waals surface area (Å²) in [4.78, 5) is 38.8. The topological polar surface area (TPSA) is 105 Å². The lowest BCUT2D eigenvalue weighted by Gasteiger charge is -2.36. The lowest BCUT2D eigenvalue weighted by atomic mass is 10.1. The molecule has 0 radical (unpaired) electrons. The number of nitro benzene ring substituents is 1. The summed E-state index contributed by atoms with van der Waals surface area (Å²) in [6.45, 7) is 1.92. The van der Waals surface area contributed by atoms with Gasteiger partial charge in [0.05, 0.1) is 18.6 Å². The number of hydrogen-bond donors (Lipinski definition) is 1. The van der Waals surface area contributed by atoms with Crippen molar-refractivity contribution in [2.75, 3.05) is 44.7 Å². The second kappa shape index (κ2) is 9.21. The molecule has 1 aliphatic heterocycles. The molecule has 2 aromatic rings. The molecule has 158 valence electrons. The van der Waals surface area contributed by atoms with Gasteiger partial charge in [0.25, 0.3) is 5.91 Å². The van der Waals surface area contributed by atoms with Crippen LogP contribution in [0.3, 0.4) is 0 Å². The summed E-state index contributed by atoms with van der Waals surface area (Å²) in [5.74, 6) is -1.08. The van der Waals surface area contributed by atoms with Crippen molar-refractivity contribution in [3.8, 4) is 5.75 Å². The molecule has 0 spiro atoms. The smallest absolute Gasteiger partial charge is 0.311 e. The maximum atomic E-state index is 13.0. The monoisotopic (exact) mass is 416 g/mol. The Labute approximate surface area is 172 Å². The van der Waals surface area contributed by atoms with Crippen molar-refractivity contribution < 1.29 is 23.6 Å². The van der Waals surface area contributed by atoms with Gasteiger partial charge in [-0.15, -0.1) is 0 Å². The third-order valence-corrected chi connectivity index (χ3v) is 4.86. The Hall–Kier alpha value is -3.69. The van der Waals surface area contributed by atoms with Crippen LogP contribution < -0.4 is 15.0 Å². The van der Waals surface area contributed by atoms with E-state index in [2.05, 4.69) is 10.2 Å². The minimum Gasteiger partial charge on any atom is -0.490 e. The molecule has 1 fully saturated rings. The number of methoxy groups -OCH3 is 1. The van der Waals surface area contributed by atoms with Crippen molar-refractivity contribution >= 4 is 23.2 Å². The van der Waals surface area contributed by atoms with Crippen LogP contribution in [0, 0.1) is 15.9 Å². The van der Waals surface area contributed by atoms with Crippen LogP contribution in [0.25, 0.3) is 0 Å². The molecule has 1 N–H and O–H groups in total. The lowest BCUT2D eigenvalue weighted by Crippen LogP contribution is -2.51. The number of hydrogen-bond acceptors (Lipinski definition) is 6. The molecule has 0 aliphatic carbocycles. The molecular formula is C20H21FN4O5. The van der Waals surface area contributed by atoms with E-state index < -0.39 is 10.8 Å². The van der Waals surface area contributed by atoms with E-state index in [1.807, 2.05) is 0 Å². The van der Waals surface area contributed by atoms with Crippen LogP contribution in [-0.4, -0.2) is 61.5 Å². The Balaban J connectivity index is 1.52. The first-order valence-corrected chi connectivity index (χ1v) is 9.28. The van der Waals surface area contributed by atoms with Gasteiger partial charge in [0.2, 0.25) is 5.91 Å². The van der Waals surface area contributed by atoms with Crippen LogP contribution in [-0.2, 0) is 4.79 Å². The van der Waals surface area contributed by atoms with Gasteiger partial charge in [-0.2, -0.15) is 0 Å². The quantitative estimate of drug-likeness (QED) is 0.569. The summed E-state index contributed by atoms with van der Waals surface area (Å²) < 4.78 is 18.0. The maximum absolute atomic E-state index is 13.0. The maximum Gasteiger partial charge on any atom is 0.311 e. The molecule has 1 heterocycles. The van der Waals surface area contributed by atoms with Crippen LogP contribution in [0.15, 0.2) is 42.5 Å². The molecule has 9 nitrogen and oxygen atoms in total. The van der Waals surface area contributed by atoms with Crippen LogP contribution in [0.2, 0.25) is 0 Å². The first-order chi connectivity index (χ1) is 14.4. The third-order valence-electron chi connectivity index (χ3n) is 4.86. The van der Waals surface area contributed by atoms with E-state index in [0.29, 0.717) is 26.2 Å². The molecule has 2 amide bonds. The van der Waals surface area contributed by atoms with Gasteiger partial charge in [0.1, 0.15) is 5.82 Å². The number of amides is 2. The summed E-state index contributed by atoms with van der Waals surface area (Å²) in [7, 11) is 1.30. The molecule has 0 unspecified atom stereocenters. The predicted octanol–water partition coefficient (Wildman–Crippen LogP) is 1.82. The van der Waals surface area contributed by atoms with E-state index in [1.165, 1.54) is 31.4 Å². The normalized spacial score (nSPS) is 13.7. The number of anilines is 1. The van der Waals surface area contributed by atoms with E-state index in [9.17, 15) is 24.1 Å². The van der Waals surface area contributed by atoms with Crippen molar-refractivity contribution in [2.45, 2.75) is 0 Å².